The van der Waals surface area contributed by atoms with Gasteiger partial charge in [-0.15, -0.1) is 0 Å². The van der Waals surface area contributed by atoms with Gasteiger partial charge in [0, 0.05) is 0 Å². The summed E-state index contributed by atoms with van der Waals surface area (Å²) in [6.45, 7) is 4.74. The van der Waals surface area contributed by atoms with Crippen LogP contribution in [0.4, 0.5) is 5.82 Å². The molecule has 20 heavy (non-hydrogen) atoms. The third-order valence-electron chi connectivity index (χ3n) is 4.42. The first kappa shape index (κ1) is 12.6. The van der Waals surface area contributed by atoms with Gasteiger partial charge in [-0.25, -0.2) is 0 Å². The summed E-state index contributed by atoms with van der Waals surface area (Å²) in [6.07, 6.45) is 2.53. The molecule has 0 radical (unpaired) electrons. The summed E-state index contributed by atoms with van der Waals surface area (Å²) < 4.78 is 0. The summed E-state index contributed by atoms with van der Waals surface area (Å²) in [7, 11) is 0. The molecule has 0 aliphatic carbocycles. The molecule has 0 N–H and O–H groups in total. The van der Waals surface area contributed by atoms with Crippen LogP contribution in [0.25, 0.3) is 11.3 Å². The van der Waals surface area contributed by atoms with Gasteiger partial charge < -0.3 is 0 Å². The van der Waals surface area contributed by atoms with Crippen molar-refractivity contribution in [3.8, 4) is 11.3 Å². The Morgan fingerprint density at radius 3 is 2.60 bits per heavy atom. The van der Waals surface area contributed by atoms with Crippen molar-refractivity contribution in [2.75, 3.05) is 31.1 Å². The predicted molar refractivity (Wildman–Crippen MR) is 81.2 cm³/mol. The molecule has 3 aliphatic rings. The fourth-order valence-corrected chi connectivity index (χ4v) is 4.59. The summed E-state index contributed by atoms with van der Waals surface area (Å²) >= 11 is 0.508. The Labute approximate surface area is 125 Å². The maximum absolute atomic E-state index is 4.49. The van der Waals surface area contributed by atoms with Crippen LogP contribution in [0.1, 0.15) is 12.8 Å². The maximum atomic E-state index is 4.49. The quantitative estimate of drug-likeness (QED) is 0.780. The molecule has 0 aromatic carbocycles. The van der Waals surface area contributed by atoms with E-state index in [4.69, 9.17) is 0 Å². The number of piperidine rings is 1. The monoisotopic (exact) mass is 334 g/mol. The van der Waals surface area contributed by atoms with Crippen molar-refractivity contribution in [3.05, 3.63) is 28.1 Å². The standard InChI is InChI=1S/C15H18N4Se/c1-2-15(17-16-14(1)12-5-10-20-11-12)19-9-8-18-6-3-13(19)4-7-18/h1-2,5,10-11,13H,3-4,6-9H2. The molecule has 2 bridgehead atoms. The Kier molecular flexibility index (Phi) is 3.34. The minimum absolute atomic E-state index is 0.508. The van der Waals surface area contributed by atoms with Gasteiger partial charge in [0.05, 0.1) is 0 Å². The number of nitrogens with zero attached hydrogens (tertiary/aromatic N) is 4. The molecule has 5 heteroatoms. The van der Waals surface area contributed by atoms with Gasteiger partial charge in [-0.3, -0.25) is 0 Å². The zero-order valence-corrected chi connectivity index (χ0v) is 13.1. The van der Waals surface area contributed by atoms with Crippen LogP contribution < -0.4 is 4.90 Å². The van der Waals surface area contributed by atoms with E-state index in [1.807, 2.05) is 0 Å². The number of fused-ring (bicyclic) bond motifs is 4. The van der Waals surface area contributed by atoms with Gasteiger partial charge >= 0.3 is 125 Å². The van der Waals surface area contributed by atoms with Crippen LogP contribution in [0.5, 0.6) is 0 Å². The fourth-order valence-electron chi connectivity index (χ4n) is 3.23. The van der Waals surface area contributed by atoms with Gasteiger partial charge in [0.1, 0.15) is 0 Å². The Balaban J connectivity index is 1.59. The van der Waals surface area contributed by atoms with Crippen LogP contribution in [0.15, 0.2) is 28.1 Å². The van der Waals surface area contributed by atoms with Gasteiger partial charge in [0.2, 0.25) is 0 Å². The molecule has 5 rings (SSSR count). The second-order valence-corrected chi connectivity index (χ2v) is 7.19. The van der Waals surface area contributed by atoms with E-state index in [1.165, 1.54) is 31.5 Å². The van der Waals surface area contributed by atoms with Crippen molar-refractivity contribution in [2.45, 2.75) is 18.9 Å². The Morgan fingerprint density at radius 2 is 1.90 bits per heavy atom. The zero-order valence-electron chi connectivity index (χ0n) is 11.4. The number of hydrogen-bond donors (Lipinski definition) is 0. The molecule has 3 aliphatic heterocycles. The molecular formula is C15H18N4Se. The van der Waals surface area contributed by atoms with Crippen molar-refractivity contribution >= 4 is 20.3 Å². The number of anilines is 1. The van der Waals surface area contributed by atoms with E-state index in [0.717, 1.165) is 24.6 Å². The number of hydrogen-bond acceptors (Lipinski definition) is 4. The van der Waals surface area contributed by atoms with Crippen LogP contribution in [-0.4, -0.2) is 61.8 Å². The van der Waals surface area contributed by atoms with Crippen LogP contribution in [0.2, 0.25) is 0 Å². The first-order valence-electron chi connectivity index (χ1n) is 7.25. The molecule has 0 unspecified atom stereocenters. The molecular weight excluding hydrogens is 315 g/mol. The van der Waals surface area contributed by atoms with Crippen molar-refractivity contribution in [3.63, 3.8) is 0 Å². The first-order valence-corrected chi connectivity index (χ1v) is 9.23. The molecule has 0 atom stereocenters. The van der Waals surface area contributed by atoms with Crippen molar-refractivity contribution in [1.29, 1.82) is 0 Å². The average Bonchev–Trinajstić information content (AvgIpc) is 2.88. The third-order valence-corrected chi connectivity index (χ3v) is 5.85. The van der Waals surface area contributed by atoms with Crippen molar-refractivity contribution in [1.82, 2.24) is 15.1 Å². The van der Waals surface area contributed by atoms with Crippen LogP contribution >= 0.6 is 0 Å². The average molecular weight is 333 g/mol. The van der Waals surface area contributed by atoms with Crippen LogP contribution in [0.3, 0.4) is 0 Å². The molecule has 3 fully saturated rings. The summed E-state index contributed by atoms with van der Waals surface area (Å²) in [5.74, 6) is 1.05. The topological polar surface area (TPSA) is 32.3 Å². The summed E-state index contributed by atoms with van der Waals surface area (Å²) in [5, 5.41) is 8.93. The van der Waals surface area contributed by atoms with Gasteiger partial charge in [-0.1, -0.05) is 0 Å². The second kappa shape index (κ2) is 5.32. The Morgan fingerprint density at radius 1 is 1.00 bits per heavy atom. The number of aromatic nitrogens is 2. The third kappa shape index (κ3) is 2.30. The van der Waals surface area contributed by atoms with E-state index in [9.17, 15) is 0 Å². The molecule has 2 aromatic heterocycles. The molecule has 0 amide bonds. The van der Waals surface area contributed by atoms with Gasteiger partial charge in [-0.05, 0) is 0 Å². The normalized spacial score (nSPS) is 25.7. The molecule has 3 saturated heterocycles. The van der Waals surface area contributed by atoms with Crippen molar-refractivity contribution < 1.29 is 0 Å². The molecule has 4 nitrogen and oxygen atoms in total. The number of rotatable bonds is 2. The van der Waals surface area contributed by atoms with E-state index in [0.29, 0.717) is 20.5 Å². The predicted octanol–water partition coefficient (Wildman–Crippen LogP) is 1.48. The molecule has 5 heterocycles. The van der Waals surface area contributed by atoms with Gasteiger partial charge in [0.15, 0.2) is 0 Å². The van der Waals surface area contributed by atoms with Gasteiger partial charge in [0.25, 0.3) is 0 Å². The molecule has 104 valence electrons. The van der Waals surface area contributed by atoms with E-state index in [1.54, 1.807) is 0 Å². The van der Waals surface area contributed by atoms with E-state index >= 15 is 0 Å². The minimum atomic E-state index is 0.508. The van der Waals surface area contributed by atoms with Crippen LogP contribution in [-0.2, 0) is 0 Å². The fraction of sp³-hybridized carbons (Fsp3) is 0.467. The first-order chi connectivity index (χ1) is 9.90. The Hall–Kier alpha value is -1.16. The SMILES string of the molecule is c1cc(-c2ccc(N3CCN4CCC3CC4)nn2)c[se]1. The molecule has 2 aromatic rings. The zero-order chi connectivity index (χ0) is 13.4. The van der Waals surface area contributed by atoms with Gasteiger partial charge in [-0.2, -0.15) is 0 Å². The van der Waals surface area contributed by atoms with E-state index in [2.05, 4.69) is 48.1 Å². The Bertz CT molecular complexity index is 558. The van der Waals surface area contributed by atoms with Crippen molar-refractivity contribution in [2.24, 2.45) is 0 Å². The molecule has 0 spiro atoms. The second-order valence-electron chi connectivity index (χ2n) is 5.56. The summed E-state index contributed by atoms with van der Waals surface area (Å²) in [4.78, 5) is 9.51. The van der Waals surface area contributed by atoms with E-state index < -0.39 is 0 Å². The summed E-state index contributed by atoms with van der Waals surface area (Å²) in [6, 6.07) is 7.08. The summed E-state index contributed by atoms with van der Waals surface area (Å²) in [5.41, 5.74) is 2.24. The molecule has 0 saturated carbocycles. The van der Waals surface area contributed by atoms with Crippen LogP contribution in [0, 0.1) is 0 Å². The van der Waals surface area contributed by atoms with E-state index in [-0.39, 0.29) is 0 Å².